The molecule has 0 aliphatic heterocycles. The van der Waals surface area contributed by atoms with Crippen molar-refractivity contribution in [3.05, 3.63) is 50.0 Å². The minimum absolute atomic E-state index is 0.154. The first-order valence-corrected chi connectivity index (χ1v) is 7.87. The summed E-state index contributed by atoms with van der Waals surface area (Å²) in [5.41, 5.74) is -0.0451. The van der Waals surface area contributed by atoms with E-state index < -0.39 is 27.8 Å². The third-order valence-corrected chi connectivity index (χ3v) is 4.85. The number of nitro benzene ring substituents is 1. The Kier molecular flexibility index (Phi) is 4.65. The van der Waals surface area contributed by atoms with Gasteiger partial charge in [-0.3, -0.25) is 14.9 Å². The predicted molar refractivity (Wildman–Crippen MR) is 86.7 cm³/mol. The second-order valence-electron chi connectivity index (χ2n) is 5.39. The number of carbonyl (C=O) groups is 1. The van der Waals surface area contributed by atoms with Gasteiger partial charge in [0.1, 0.15) is 5.01 Å². The molecule has 0 fully saturated rings. The number of nitrogens with zero attached hydrogens (tertiary/aromatic N) is 2. The molecule has 0 radical (unpaired) electrons. The fourth-order valence-corrected chi connectivity index (χ4v) is 3.03. The highest BCUT2D eigenvalue weighted by molar-refractivity contribution is 7.09. The van der Waals surface area contributed by atoms with E-state index in [-0.39, 0.29) is 5.56 Å². The van der Waals surface area contributed by atoms with Crippen LogP contribution in [0, 0.1) is 17.0 Å². The maximum Gasteiger partial charge on any atom is 0.310 e. The maximum absolute atomic E-state index is 12.4. The Hall–Kier alpha value is -2.48. The topological polar surface area (TPSA) is 105 Å². The van der Waals surface area contributed by atoms with Gasteiger partial charge in [0.15, 0.2) is 5.75 Å². The first kappa shape index (κ1) is 16.9. The molecule has 1 amide bonds. The second-order valence-corrected chi connectivity index (χ2v) is 6.25. The number of phenols is 1. The van der Waals surface area contributed by atoms with Gasteiger partial charge >= 0.3 is 5.69 Å². The number of amides is 1. The zero-order chi connectivity index (χ0) is 17.2. The number of aromatic hydroxyl groups is 1. The predicted octanol–water partition coefficient (Wildman–Crippen LogP) is 3.12. The van der Waals surface area contributed by atoms with E-state index in [2.05, 4.69) is 10.3 Å². The first-order valence-electron chi connectivity index (χ1n) is 6.99. The van der Waals surface area contributed by atoms with Crippen LogP contribution in [0.3, 0.4) is 0 Å². The van der Waals surface area contributed by atoms with Crippen molar-refractivity contribution in [2.24, 2.45) is 0 Å². The van der Waals surface area contributed by atoms with Gasteiger partial charge in [-0.2, -0.15) is 0 Å². The molecule has 0 saturated carbocycles. The lowest BCUT2D eigenvalue weighted by Gasteiger charge is -2.27. The number of benzene rings is 1. The molecule has 1 heterocycles. The van der Waals surface area contributed by atoms with Crippen LogP contribution in [0.25, 0.3) is 0 Å². The third-order valence-electron chi connectivity index (χ3n) is 3.62. The summed E-state index contributed by atoms with van der Waals surface area (Å²) in [5.74, 6) is -0.960. The number of phenolic OH excluding ortho intramolecular Hbond substituents is 1. The highest BCUT2D eigenvalue weighted by Gasteiger charge is 2.30. The molecule has 8 heteroatoms. The minimum Gasteiger partial charge on any atom is -0.502 e. The molecule has 122 valence electrons. The molecular weight excluding hydrogens is 318 g/mol. The molecule has 0 aliphatic rings. The summed E-state index contributed by atoms with van der Waals surface area (Å²) in [4.78, 5) is 26.8. The van der Waals surface area contributed by atoms with Crippen LogP contribution in [0.4, 0.5) is 5.69 Å². The van der Waals surface area contributed by atoms with Gasteiger partial charge in [-0.1, -0.05) is 6.92 Å². The number of nitro groups is 1. The van der Waals surface area contributed by atoms with Crippen LogP contribution < -0.4 is 5.32 Å². The van der Waals surface area contributed by atoms with E-state index in [1.54, 1.807) is 0 Å². The summed E-state index contributed by atoms with van der Waals surface area (Å²) in [5, 5.41) is 25.9. The van der Waals surface area contributed by atoms with Gasteiger partial charge in [0.25, 0.3) is 5.91 Å². The monoisotopic (exact) mass is 335 g/mol. The van der Waals surface area contributed by atoms with E-state index >= 15 is 0 Å². The summed E-state index contributed by atoms with van der Waals surface area (Å²) in [7, 11) is 0. The van der Waals surface area contributed by atoms with Crippen molar-refractivity contribution in [3.8, 4) is 5.75 Å². The van der Waals surface area contributed by atoms with E-state index in [1.807, 2.05) is 26.2 Å². The number of aryl methyl sites for hydroxylation is 1. The molecule has 1 unspecified atom stereocenters. The van der Waals surface area contributed by atoms with Crippen LogP contribution in [0.5, 0.6) is 5.75 Å². The quantitative estimate of drug-likeness (QED) is 0.645. The van der Waals surface area contributed by atoms with Gasteiger partial charge in [0, 0.05) is 22.7 Å². The number of thiazole rings is 1. The van der Waals surface area contributed by atoms with Crippen molar-refractivity contribution in [1.29, 1.82) is 0 Å². The highest BCUT2D eigenvalue weighted by atomic mass is 32.1. The molecule has 0 spiro atoms. The Balaban J connectivity index is 2.26. The fourth-order valence-electron chi connectivity index (χ4n) is 2.04. The molecule has 2 N–H and O–H groups in total. The highest BCUT2D eigenvalue weighted by Crippen LogP contribution is 2.29. The lowest BCUT2D eigenvalue weighted by molar-refractivity contribution is -0.385. The van der Waals surface area contributed by atoms with Crippen LogP contribution in [0.1, 0.15) is 41.3 Å². The lowest BCUT2D eigenvalue weighted by atomic mass is 9.99. The Morgan fingerprint density at radius 2 is 2.22 bits per heavy atom. The summed E-state index contributed by atoms with van der Waals surface area (Å²) in [6.07, 6.45) is 0.630. The fraction of sp³-hybridized carbons (Fsp3) is 0.333. The Labute approximate surface area is 137 Å². The Morgan fingerprint density at radius 1 is 1.52 bits per heavy atom. The molecular formula is C15H17N3O4S. The number of carbonyl (C=O) groups excluding carboxylic acids is 1. The Morgan fingerprint density at radius 3 is 2.70 bits per heavy atom. The van der Waals surface area contributed by atoms with Gasteiger partial charge < -0.3 is 10.4 Å². The number of hydrogen-bond acceptors (Lipinski definition) is 6. The zero-order valence-electron chi connectivity index (χ0n) is 13.0. The number of aromatic nitrogens is 1. The molecule has 23 heavy (non-hydrogen) atoms. The Bertz CT molecular complexity index is 759. The molecule has 1 aromatic heterocycles. The second kappa shape index (κ2) is 6.33. The van der Waals surface area contributed by atoms with Crippen LogP contribution >= 0.6 is 11.3 Å². The van der Waals surface area contributed by atoms with Crippen LogP contribution in [0.15, 0.2) is 23.6 Å². The van der Waals surface area contributed by atoms with Crippen molar-refractivity contribution >= 4 is 22.9 Å². The zero-order valence-corrected chi connectivity index (χ0v) is 13.8. The van der Waals surface area contributed by atoms with Gasteiger partial charge in [-0.25, -0.2) is 4.98 Å². The normalized spacial score (nSPS) is 13.3. The SMILES string of the molecule is CCC(C)(NC(=O)c1ccc([N+](=O)[O-])c(O)c1)c1nc(C)cs1. The van der Waals surface area contributed by atoms with Crippen LogP contribution in [-0.2, 0) is 5.54 Å². The molecule has 2 rings (SSSR count). The largest absolute Gasteiger partial charge is 0.502 e. The van der Waals surface area contributed by atoms with Gasteiger partial charge in [-0.15, -0.1) is 11.3 Å². The summed E-state index contributed by atoms with van der Waals surface area (Å²) in [6.45, 7) is 5.69. The number of nitrogens with one attached hydrogen (secondary N) is 1. The average molecular weight is 335 g/mol. The van der Waals surface area contributed by atoms with Crippen molar-refractivity contribution < 1.29 is 14.8 Å². The molecule has 0 bridgehead atoms. The van der Waals surface area contributed by atoms with Crippen molar-refractivity contribution in [1.82, 2.24) is 10.3 Å². The molecule has 2 aromatic rings. The van der Waals surface area contributed by atoms with Crippen molar-refractivity contribution in [2.45, 2.75) is 32.7 Å². The number of hydrogen-bond donors (Lipinski definition) is 2. The van der Waals surface area contributed by atoms with Gasteiger partial charge in [0.2, 0.25) is 0 Å². The van der Waals surface area contributed by atoms with E-state index in [0.717, 1.165) is 22.8 Å². The average Bonchev–Trinajstić information content (AvgIpc) is 2.93. The van der Waals surface area contributed by atoms with Crippen LogP contribution in [-0.4, -0.2) is 20.9 Å². The van der Waals surface area contributed by atoms with E-state index in [9.17, 15) is 20.0 Å². The smallest absolute Gasteiger partial charge is 0.310 e. The molecule has 0 saturated heterocycles. The minimum atomic E-state index is -0.703. The summed E-state index contributed by atoms with van der Waals surface area (Å²) < 4.78 is 0. The first-order chi connectivity index (χ1) is 10.8. The number of rotatable bonds is 5. The molecule has 1 atom stereocenters. The van der Waals surface area contributed by atoms with Crippen molar-refractivity contribution in [3.63, 3.8) is 0 Å². The van der Waals surface area contributed by atoms with Crippen LogP contribution in [0.2, 0.25) is 0 Å². The maximum atomic E-state index is 12.4. The third kappa shape index (κ3) is 3.48. The lowest BCUT2D eigenvalue weighted by Crippen LogP contribution is -2.43. The van der Waals surface area contributed by atoms with Crippen molar-refractivity contribution in [2.75, 3.05) is 0 Å². The van der Waals surface area contributed by atoms with E-state index in [1.165, 1.54) is 17.4 Å². The standard InChI is InChI=1S/C15H17N3O4S/c1-4-15(3,14-16-9(2)8-23-14)17-13(20)10-5-6-11(18(21)22)12(19)7-10/h5-8,19H,4H2,1-3H3,(H,17,20). The van der Waals surface area contributed by atoms with Gasteiger partial charge in [-0.05, 0) is 32.4 Å². The molecule has 7 nitrogen and oxygen atoms in total. The van der Waals surface area contributed by atoms with Gasteiger partial charge in [0.05, 0.1) is 10.5 Å². The van der Waals surface area contributed by atoms with E-state index in [0.29, 0.717) is 6.42 Å². The summed E-state index contributed by atoms with van der Waals surface area (Å²) in [6, 6.07) is 3.52. The van der Waals surface area contributed by atoms with E-state index in [4.69, 9.17) is 0 Å². The molecule has 1 aromatic carbocycles. The summed E-state index contributed by atoms with van der Waals surface area (Å²) >= 11 is 1.46. The molecule has 0 aliphatic carbocycles.